The van der Waals surface area contributed by atoms with E-state index in [2.05, 4.69) is 5.32 Å². The Bertz CT molecular complexity index is 673. The summed E-state index contributed by atoms with van der Waals surface area (Å²) in [5, 5.41) is 14.0. The van der Waals surface area contributed by atoms with Crippen LogP contribution in [0.5, 0.6) is 5.75 Å². The molecule has 2 unspecified atom stereocenters. The maximum absolute atomic E-state index is 11.5. The summed E-state index contributed by atoms with van der Waals surface area (Å²) in [6.45, 7) is 4.01. The number of rotatable bonds is 8. The van der Waals surface area contributed by atoms with E-state index in [-0.39, 0.29) is 18.4 Å². The van der Waals surface area contributed by atoms with Gasteiger partial charge < -0.3 is 15.2 Å². The summed E-state index contributed by atoms with van der Waals surface area (Å²) in [7, 11) is 0. The molecule has 24 heavy (non-hydrogen) atoms. The molecule has 2 aromatic carbocycles. The fourth-order valence-corrected chi connectivity index (χ4v) is 2.44. The van der Waals surface area contributed by atoms with Crippen LogP contribution in [0.25, 0.3) is 0 Å². The molecule has 2 rings (SSSR count). The van der Waals surface area contributed by atoms with Crippen LogP contribution in [0.15, 0.2) is 48.5 Å². The molecule has 0 amide bonds. The minimum atomic E-state index is -0.681. The zero-order chi connectivity index (χ0) is 17.5. The van der Waals surface area contributed by atoms with Gasteiger partial charge in [-0.1, -0.05) is 35.9 Å². The first-order valence-corrected chi connectivity index (χ1v) is 8.25. The van der Waals surface area contributed by atoms with Crippen molar-refractivity contribution >= 4 is 17.4 Å². The molecular weight excluding hydrogens is 326 g/mol. The van der Waals surface area contributed by atoms with E-state index in [0.717, 1.165) is 5.56 Å². The van der Waals surface area contributed by atoms with E-state index in [4.69, 9.17) is 16.3 Å². The Hall–Kier alpha value is -1.88. The predicted molar refractivity (Wildman–Crippen MR) is 95.8 cm³/mol. The highest BCUT2D eigenvalue weighted by Crippen LogP contribution is 2.19. The third-order valence-electron chi connectivity index (χ3n) is 3.73. The second-order valence-electron chi connectivity index (χ2n) is 5.70. The molecule has 0 aliphatic carbocycles. The number of ketones is 1. The molecule has 0 fully saturated rings. The normalized spacial score (nSPS) is 13.3. The second kappa shape index (κ2) is 8.83. The molecule has 0 bridgehead atoms. The summed E-state index contributed by atoms with van der Waals surface area (Å²) in [4.78, 5) is 11.5. The Morgan fingerprint density at radius 2 is 1.88 bits per heavy atom. The first-order chi connectivity index (χ1) is 11.5. The number of Topliss-reactive ketones (excluding diaryl/α,β-unsaturated/α-hetero) is 1. The molecule has 0 saturated heterocycles. The molecule has 0 radical (unpaired) electrons. The molecule has 0 aliphatic rings. The Labute approximate surface area is 147 Å². The van der Waals surface area contributed by atoms with Gasteiger partial charge in [0.25, 0.3) is 0 Å². The maximum Gasteiger partial charge on any atom is 0.163 e. The summed E-state index contributed by atoms with van der Waals surface area (Å²) in [5.41, 5.74) is 1.61. The van der Waals surface area contributed by atoms with Gasteiger partial charge >= 0.3 is 0 Å². The van der Waals surface area contributed by atoms with Crippen molar-refractivity contribution in [1.82, 2.24) is 5.32 Å². The standard InChI is InChI=1S/C19H22ClNO3/c1-13(15-7-9-16(20)10-8-15)21-11-17(23)12-24-19-6-4-3-5-18(19)14(2)22/h3-10,13,17,21,23H,11-12H2,1-2H3. The number of hydrogen-bond acceptors (Lipinski definition) is 4. The molecule has 128 valence electrons. The molecular formula is C19H22ClNO3. The van der Waals surface area contributed by atoms with Gasteiger partial charge in [0, 0.05) is 17.6 Å². The Balaban J connectivity index is 1.82. The van der Waals surface area contributed by atoms with Crippen molar-refractivity contribution in [3.63, 3.8) is 0 Å². The van der Waals surface area contributed by atoms with Crippen LogP contribution in [0.3, 0.4) is 0 Å². The Morgan fingerprint density at radius 3 is 2.54 bits per heavy atom. The lowest BCUT2D eigenvalue weighted by Gasteiger charge is -2.18. The summed E-state index contributed by atoms with van der Waals surface area (Å²) in [6, 6.07) is 14.7. The first kappa shape index (κ1) is 18.5. The van der Waals surface area contributed by atoms with Crippen LogP contribution >= 0.6 is 11.6 Å². The number of halogens is 1. The van der Waals surface area contributed by atoms with Crippen LogP contribution in [0, 0.1) is 0 Å². The number of para-hydroxylation sites is 1. The van der Waals surface area contributed by atoms with Crippen LogP contribution in [0.1, 0.15) is 35.8 Å². The molecule has 0 spiro atoms. The molecule has 2 N–H and O–H groups in total. The number of benzene rings is 2. The predicted octanol–water partition coefficient (Wildman–Crippen LogP) is 3.63. The highest BCUT2D eigenvalue weighted by atomic mass is 35.5. The molecule has 2 aromatic rings. The van der Waals surface area contributed by atoms with Crippen molar-refractivity contribution in [1.29, 1.82) is 0 Å². The van der Waals surface area contributed by atoms with Crippen LogP contribution in [0.4, 0.5) is 0 Å². The van der Waals surface area contributed by atoms with Crippen molar-refractivity contribution < 1.29 is 14.6 Å². The first-order valence-electron chi connectivity index (χ1n) is 7.87. The minimum Gasteiger partial charge on any atom is -0.490 e. The highest BCUT2D eigenvalue weighted by Gasteiger charge is 2.12. The van der Waals surface area contributed by atoms with Crippen LogP contribution in [-0.4, -0.2) is 30.1 Å². The van der Waals surface area contributed by atoms with Gasteiger partial charge in [-0.3, -0.25) is 4.79 Å². The van der Waals surface area contributed by atoms with E-state index in [1.807, 2.05) is 31.2 Å². The Morgan fingerprint density at radius 1 is 1.21 bits per heavy atom. The van der Waals surface area contributed by atoms with E-state index >= 15 is 0 Å². The third-order valence-corrected chi connectivity index (χ3v) is 3.98. The second-order valence-corrected chi connectivity index (χ2v) is 6.14. The molecule has 4 nitrogen and oxygen atoms in total. The monoisotopic (exact) mass is 347 g/mol. The van der Waals surface area contributed by atoms with E-state index in [1.165, 1.54) is 6.92 Å². The average Bonchev–Trinajstić information content (AvgIpc) is 2.58. The summed E-state index contributed by atoms with van der Waals surface area (Å²) < 4.78 is 5.59. The number of nitrogens with one attached hydrogen (secondary N) is 1. The van der Waals surface area contributed by atoms with Crippen LogP contribution < -0.4 is 10.1 Å². The van der Waals surface area contributed by atoms with Crippen LogP contribution in [0.2, 0.25) is 5.02 Å². The average molecular weight is 348 g/mol. The molecule has 0 aliphatic heterocycles. The fourth-order valence-electron chi connectivity index (χ4n) is 2.31. The van der Waals surface area contributed by atoms with Crippen molar-refractivity contribution in [3.8, 4) is 5.75 Å². The van der Waals surface area contributed by atoms with Crippen LogP contribution in [-0.2, 0) is 0 Å². The van der Waals surface area contributed by atoms with Gasteiger partial charge in [-0.2, -0.15) is 0 Å². The van der Waals surface area contributed by atoms with E-state index in [0.29, 0.717) is 22.9 Å². The quantitative estimate of drug-likeness (QED) is 0.716. The molecule has 0 heterocycles. The van der Waals surface area contributed by atoms with E-state index in [1.54, 1.807) is 24.3 Å². The number of ether oxygens (including phenoxy) is 1. The number of hydrogen-bond donors (Lipinski definition) is 2. The fraction of sp³-hybridized carbons (Fsp3) is 0.316. The highest BCUT2D eigenvalue weighted by molar-refractivity contribution is 6.30. The number of aliphatic hydroxyl groups excluding tert-OH is 1. The largest absolute Gasteiger partial charge is 0.490 e. The van der Waals surface area contributed by atoms with Gasteiger partial charge in [-0.05, 0) is 43.7 Å². The third kappa shape index (κ3) is 5.34. The van der Waals surface area contributed by atoms with Crippen molar-refractivity contribution in [2.45, 2.75) is 26.0 Å². The lowest BCUT2D eigenvalue weighted by Crippen LogP contribution is -2.33. The summed E-state index contributed by atoms with van der Waals surface area (Å²) in [5.74, 6) is 0.435. The lowest BCUT2D eigenvalue weighted by molar-refractivity contribution is 0.0966. The molecule has 2 atom stereocenters. The molecule has 0 aromatic heterocycles. The molecule has 5 heteroatoms. The lowest BCUT2D eigenvalue weighted by atomic mass is 10.1. The SMILES string of the molecule is CC(=O)c1ccccc1OCC(O)CNC(C)c1ccc(Cl)cc1. The number of carbonyl (C=O) groups is 1. The van der Waals surface area contributed by atoms with Gasteiger partial charge in [-0.25, -0.2) is 0 Å². The minimum absolute atomic E-state index is 0.0606. The van der Waals surface area contributed by atoms with E-state index in [9.17, 15) is 9.90 Å². The number of carbonyl (C=O) groups excluding carboxylic acids is 1. The van der Waals surface area contributed by atoms with E-state index < -0.39 is 6.10 Å². The molecule has 0 saturated carbocycles. The van der Waals surface area contributed by atoms with Gasteiger partial charge in [0.15, 0.2) is 5.78 Å². The Kier molecular flexibility index (Phi) is 6.79. The van der Waals surface area contributed by atoms with Gasteiger partial charge in [0.2, 0.25) is 0 Å². The van der Waals surface area contributed by atoms with Gasteiger partial charge in [0.1, 0.15) is 18.5 Å². The van der Waals surface area contributed by atoms with Gasteiger partial charge in [-0.15, -0.1) is 0 Å². The van der Waals surface area contributed by atoms with Crippen molar-refractivity contribution in [3.05, 3.63) is 64.7 Å². The zero-order valence-corrected chi connectivity index (χ0v) is 14.6. The number of aliphatic hydroxyl groups is 1. The van der Waals surface area contributed by atoms with Gasteiger partial charge in [0.05, 0.1) is 5.56 Å². The topological polar surface area (TPSA) is 58.6 Å². The summed E-state index contributed by atoms with van der Waals surface area (Å²) >= 11 is 5.88. The zero-order valence-electron chi connectivity index (χ0n) is 13.8. The van der Waals surface area contributed by atoms with Crippen molar-refractivity contribution in [2.24, 2.45) is 0 Å². The maximum atomic E-state index is 11.5. The smallest absolute Gasteiger partial charge is 0.163 e. The summed E-state index contributed by atoms with van der Waals surface area (Å²) in [6.07, 6.45) is -0.681. The van der Waals surface area contributed by atoms with Crippen molar-refractivity contribution in [2.75, 3.05) is 13.2 Å².